The van der Waals surface area contributed by atoms with Crippen molar-refractivity contribution in [1.82, 2.24) is 5.32 Å². The van der Waals surface area contributed by atoms with Crippen molar-refractivity contribution < 1.29 is 4.39 Å². The Hall–Kier alpha value is -0.250. The molecule has 0 aliphatic carbocycles. The van der Waals surface area contributed by atoms with Crippen LogP contribution in [-0.2, 0) is 5.75 Å². The molecule has 17 heavy (non-hydrogen) atoms. The van der Waals surface area contributed by atoms with Gasteiger partial charge in [0.15, 0.2) is 0 Å². The first-order valence-electron chi connectivity index (χ1n) is 6.01. The number of thioether (sulfide) groups is 1. The highest BCUT2D eigenvalue weighted by atomic mass is 35.5. The zero-order valence-corrected chi connectivity index (χ0v) is 11.5. The fourth-order valence-electron chi connectivity index (χ4n) is 2.12. The highest BCUT2D eigenvalue weighted by Gasteiger charge is 2.20. The minimum absolute atomic E-state index is 0.235. The second-order valence-electron chi connectivity index (χ2n) is 4.31. The first kappa shape index (κ1) is 13.2. The highest BCUT2D eigenvalue weighted by molar-refractivity contribution is 7.98. The normalized spacial score (nSPS) is 19.8. The third-order valence-electron chi connectivity index (χ3n) is 3.01. The Kier molecular flexibility index (Phi) is 4.71. The third kappa shape index (κ3) is 3.15. The van der Waals surface area contributed by atoms with E-state index < -0.39 is 0 Å². The lowest BCUT2D eigenvalue weighted by Gasteiger charge is -2.19. The van der Waals surface area contributed by atoms with Crippen molar-refractivity contribution in [3.63, 3.8) is 0 Å². The largest absolute Gasteiger partial charge is 0.310 e. The van der Waals surface area contributed by atoms with E-state index in [1.54, 1.807) is 12.1 Å². The predicted octanol–water partition coefficient (Wildman–Crippen LogP) is 4.16. The van der Waals surface area contributed by atoms with E-state index in [9.17, 15) is 4.39 Å². The molecule has 1 nitrogen and oxygen atoms in total. The van der Waals surface area contributed by atoms with Crippen LogP contribution in [0.15, 0.2) is 12.1 Å². The maximum atomic E-state index is 13.5. The van der Waals surface area contributed by atoms with Crippen molar-refractivity contribution in [2.45, 2.75) is 31.6 Å². The minimum Gasteiger partial charge on any atom is -0.310 e. The lowest BCUT2D eigenvalue weighted by molar-refractivity contribution is 0.520. The number of fused-ring (bicyclic) bond motifs is 1. The van der Waals surface area contributed by atoms with Gasteiger partial charge < -0.3 is 5.32 Å². The zero-order valence-electron chi connectivity index (χ0n) is 9.93. The molecule has 1 aromatic carbocycles. The SMILES string of the molecule is CCCNC1CCSCc2cc(F)c(Cl)cc21. The molecule has 0 spiro atoms. The maximum Gasteiger partial charge on any atom is 0.142 e. The van der Waals surface area contributed by atoms with Gasteiger partial charge in [0.1, 0.15) is 5.82 Å². The van der Waals surface area contributed by atoms with E-state index in [0.717, 1.165) is 36.5 Å². The van der Waals surface area contributed by atoms with Crippen molar-refractivity contribution in [2.24, 2.45) is 0 Å². The Morgan fingerprint density at radius 1 is 1.53 bits per heavy atom. The number of hydrogen-bond acceptors (Lipinski definition) is 2. The molecule has 2 rings (SSSR count). The second kappa shape index (κ2) is 6.07. The summed E-state index contributed by atoms with van der Waals surface area (Å²) in [4.78, 5) is 0. The average molecular weight is 274 g/mol. The van der Waals surface area contributed by atoms with Crippen LogP contribution in [-0.4, -0.2) is 12.3 Å². The molecule has 4 heteroatoms. The van der Waals surface area contributed by atoms with Crippen molar-refractivity contribution in [2.75, 3.05) is 12.3 Å². The molecule has 1 aromatic rings. The molecule has 0 amide bonds. The van der Waals surface area contributed by atoms with Crippen LogP contribution in [0.1, 0.15) is 36.9 Å². The number of nitrogens with one attached hydrogen (secondary N) is 1. The highest BCUT2D eigenvalue weighted by Crippen LogP contribution is 2.33. The molecular weight excluding hydrogens is 257 g/mol. The summed E-state index contributed by atoms with van der Waals surface area (Å²) in [5.74, 6) is 1.69. The quantitative estimate of drug-likeness (QED) is 0.888. The number of halogens is 2. The summed E-state index contributed by atoms with van der Waals surface area (Å²) in [5, 5.41) is 3.75. The number of benzene rings is 1. The van der Waals surface area contributed by atoms with Gasteiger partial charge in [-0.1, -0.05) is 18.5 Å². The molecule has 0 saturated carbocycles. The van der Waals surface area contributed by atoms with E-state index in [2.05, 4.69) is 12.2 Å². The molecule has 0 radical (unpaired) electrons. The Morgan fingerprint density at radius 2 is 2.35 bits per heavy atom. The molecule has 1 heterocycles. The minimum atomic E-state index is -0.304. The third-order valence-corrected chi connectivity index (χ3v) is 4.34. The average Bonchev–Trinajstić information content (AvgIpc) is 2.50. The van der Waals surface area contributed by atoms with Gasteiger partial charge in [0.25, 0.3) is 0 Å². The van der Waals surface area contributed by atoms with Crippen LogP contribution in [0.5, 0.6) is 0 Å². The molecule has 0 fully saturated rings. The van der Waals surface area contributed by atoms with Gasteiger partial charge in [0.05, 0.1) is 5.02 Å². The number of hydrogen-bond donors (Lipinski definition) is 1. The molecule has 1 N–H and O–H groups in total. The summed E-state index contributed by atoms with van der Waals surface area (Å²) in [6.07, 6.45) is 2.19. The van der Waals surface area contributed by atoms with E-state index in [1.165, 1.54) is 5.56 Å². The summed E-state index contributed by atoms with van der Waals surface area (Å²) in [5.41, 5.74) is 2.26. The van der Waals surface area contributed by atoms with Crippen molar-refractivity contribution in [3.8, 4) is 0 Å². The predicted molar refractivity (Wildman–Crippen MR) is 73.2 cm³/mol. The first-order chi connectivity index (χ1) is 8.22. The van der Waals surface area contributed by atoms with Gasteiger partial charge in [-0.25, -0.2) is 4.39 Å². The van der Waals surface area contributed by atoms with Gasteiger partial charge in [-0.05, 0) is 48.4 Å². The molecule has 0 bridgehead atoms. The van der Waals surface area contributed by atoms with E-state index in [4.69, 9.17) is 11.6 Å². The molecule has 1 aliphatic heterocycles. The van der Waals surface area contributed by atoms with E-state index in [-0.39, 0.29) is 10.8 Å². The van der Waals surface area contributed by atoms with E-state index in [1.807, 2.05) is 11.8 Å². The fourth-order valence-corrected chi connectivity index (χ4v) is 3.31. The molecule has 1 unspecified atom stereocenters. The summed E-state index contributed by atoms with van der Waals surface area (Å²) in [6.45, 7) is 3.14. The van der Waals surface area contributed by atoms with E-state index >= 15 is 0 Å². The molecule has 0 aromatic heterocycles. The molecule has 0 saturated heterocycles. The molecule has 1 aliphatic rings. The summed E-state index contributed by atoms with van der Waals surface area (Å²) >= 11 is 7.75. The first-order valence-corrected chi connectivity index (χ1v) is 7.54. The lowest BCUT2D eigenvalue weighted by atomic mass is 9.99. The summed E-state index contributed by atoms with van der Waals surface area (Å²) in [7, 11) is 0. The van der Waals surface area contributed by atoms with Crippen LogP contribution in [0.3, 0.4) is 0 Å². The van der Waals surface area contributed by atoms with Gasteiger partial charge in [0.2, 0.25) is 0 Å². The van der Waals surface area contributed by atoms with Crippen LogP contribution < -0.4 is 5.32 Å². The van der Waals surface area contributed by atoms with Crippen molar-refractivity contribution >= 4 is 23.4 Å². The lowest BCUT2D eigenvalue weighted by Crippen LogP contribution is -2.23. The summed E-state index contributed by atoms with van der Waals surface area (Å²) < 4.78 is 13.5. The van der Waals surface area contributed by atoms with Gasteiger partial charge in [-0.15, -0.1) is 0 Å². The summed E-state index contributed by atoms with van der Waals surface area (Å²) in [6, 6.07) is 3.71. The Balaban J connectivity index is 2.30. The van der Waals surface area contributed by atoms with Crippen LogP contribution in [0, 0.1) is 5.82 Å². The zero-order chi connectivity index (χ0) is 12.3. The van der Waals surface area contributed by atoms with E-state index in [0.29, 0.717) is 6.04 Å². The van der Waals surface area contributed by atoms with Crippen molar-refractivity contribution in [1.29, 1.82) is 0 Å². The van der Waals surface area contributed by atoms with Gasteiger partial charge in [-0.3, -0.25) is 0 Å². The topological polar surface area (TPSA) is 12.0 Å². The van der Waals surface area contributed by atoms with Gasteiger partial charge in [0, 0.05) is 11.8 Å². The Bertz CT molecular complexity index is 397. The van der Waals surface area contributed by atoms with Gasteiger partial charge >= 0.3 is 0 Å². The van der Waals surface area contributed by atoms with Crippen LogP contribution in [0.4, 0.5) is 4.39 Å². The Morgan fingerprint density at radius 3 is 3.12 bits per heavy atom. The molecule has 1 atom stereocenters. The monoisotopic (exact) mass is 273 g/mol. The van der Waals surface area contributed by atoms with Crippen molar-refractivity contribution in [3.05, 3.63) is 34.1 Å². The fraction of sp³-hybridized carbons (Fsp3) is 0.538. The number of rotatable bonds is 3. The van der Waals surface area contributed by atoms with Gasteiger partial charge in [-0.2, -0.15) is 11.8 Å². The van der Waals surface area contributed by atoms with Crippen LogP contribution in [0.2, 0.25) is 5.02 Å². The van der Waals surface area contributed by atoms with Crippen LogP contribution >= 0.6 is 23.4 Å². The smallest absolute Gasteiger partial charge is 0.142 e. The standard InChI is InChI=1S/C13H17ClFNS/c1-2-4-16-13-3-5-17-8-9-6-12(15)11(14)7-10(9)13/h6-7,13,16H,2-5,8H2,1H3. The molecule has 94 valence electrons. The second-order valence-corrected chi connectivity index (χ2v) is 5.83. The van der Waals surface area contributed by atoms with Crippen LogP contribution in [0.25, 0.3) is 0 Å². The maximum absolute atomic E-state index is 13.5. The Labute approximate surface area is 111 Å². The molecular formula is C13H17ClFNS.